The molecule has 0 amide bonds. The third kappa shape index (κ3) is 2.47. The van der Waals surface area contributed by atoms with E-state index in [-0.39, 0.29) is 11.3 Å². The van der Waals surface area contributed by atoms with Crippen molar-refractivity contribution in [2.24, 2.45) is 0 Å². The number of hydrogen-bond donors (Lipinski definition) is 0. The Morgan fingerprint density at radius 2 is 1.65 bits per heavy atom. The molecular weight excluding hydrogens is 266 g/mol. The van der Waals surface area contributed by atoms with Crippen molar-refractivity contribution < 1.29 is 23.0 Å². The minimum absolute atomic E-state index is 0.0669. The summed E-state index contributed by atoms with van der Waals surface area (Å²) in [6.45, 7) is 0. The molecule has 0 saturated carbocycles. The molecule has 0 saturated heterocycles. The fourth-order valence-corrected chi connectivity index (χ4v) is 1.84. The van der Waals surface area contributed by atoms with E-state index in [1.807, 2.05) is 0 Å². The molecule has 0 bridgehead atoms. The number of methoxy groups -OCH3 is 2. The van der Waals surface area contributed by atoms with Crippen molar-refractivity contribution in [2.75, 3.05) is 14.2 Å². The summed E-state index contributed by atoms with van der Waals surface area (Å²) in [6, 6.07) is 7.68. The molecule has 0 radical (unpaired) electrons. The SMILES string of the molecule is COc1ccc(C(=O)c2c(F)cccc2F)c(OC)c1. The molecule has 20 heavy (non-hydrogen) atoms. The maximum Gasteiger partial charge on any atom is 0.202 e. The number of ketones is 1. The van der Waals surface area contributed by atoms with Gasteiger partial charge in [-0.15, -0.1) is 0 Å². The van der Waals surface area contributed by atoms with Crippen molar-refractivity contribution >= 4 is 5.78 Å². The third-order valence-electron chi connectivity index (χ3n) is 2.84. The molecule has 0 aliphatic heterocycles. The minimum atomic E-state index is -0.909. The number of hydrogen-bond acceptors (Lipinski definition) is 3. The van der Waals surface area contributed by atoms with E-state index in [1.54, 1.807) is 0 Å². The van der Waals surface area contributed by atoms with Gasteiger partial charge in [-0.25, -0.2) is 8.78 Å². The predicted octanol–water partition coefficient (Wildman–Crippen LogP) is 3.21. The van der Waals surface area contributed by atoms with E-state index in [9.17, 15) is 13.6 Å². The van der Waals surface area contributed by atoms with Gasteiger partial charge < -0.3 is 9.47 Å². The van der Waals surface area contributed by atoms with Crippen LogP contribution in [0.2, 0.25) is 0 Å². The second-order valence-corrected chi connectivity index (χ2v) is 3.99. The Hall–Kier alpha value is -2.43. The molecule has 104 valence electrons. The van der Waals surface area contributed by atoms with Gasteiger partial charge in [0.1, 0.15) is 23.1 Å². The average Bonchev–Trinajstić information content (AvgIpc) is 2.46. The van der Waals surface area contributed by atoms with Crippen molar-refractivity contribution in [3.63, 3.8) is 0 Å². The number of carbonyl (C=O) groups is 1. The van der Waals surface area contributed by atoms with Crippen LogP contribution in [0.25, 0.3) is 0 Å². The molecule has 0 unspecified atom stereocenters. The van der Waals surface area contributed by atoms with Gasteiger partial charge in [-0.05, 0) is 24.3 Å². The molecule has 2 aromatic carbocycles. The highest BCUT2D eigenvalue weighted by atomic mass is 19.1. The molecule has 0 heterocycles. The minimum Gasteiger partial charge on any atom is -0.497 e. The molecule has 0 aliphatic carbocycles. The summed E-state index contributed by atoms with van der Waals surface area (Å²) in [5.41, 5.74) is -0.534. The highest BCUT2D eigenvalue weighted by Gasteiger charge is 2.22. The lowest BCUT2D eigenvalue weighted by Crippen LogP contribution is -2.09. The van der Waals surface area contributed by atoms with Crippen LogP contribution < -0.4 is 9.47 Å². The molecule has 0 aliphatic rings. The van der Waals surface area contributed by atoms with Gasteiger partial charge in [0.25, 0.3) is 0 Å². The van der Waals surface area contributed by atoms with Crippen LogP contribution in [0.4, 0.5) is 8.78 Å². The molecule has 3 nitrogen and oxygen atoms in total. The molecular formula is C15H12F2O3. The van der Waals surface area contributed by atoms with E-state index in [1.165, 1.54) is 38.5 Å². The van der Waals surface area contributed by atoms with Crippen molar-refractivity contribution in [3.8, 4) is 11.5 Å². The average molecular weight is 278 g/mol. The van der Waals surface area contributed by atoms with Crippen LogP contribution in [0.5, 0.6) is 11.5 Å². The van der Waals surface area contributed by atoms with Gasteiger partial charge in [-0.1, -0.05) is 6.07 Å². The fraction of sp³-hybridized carbons (Fsp3) is 0.133. The second-order valence-electron chi connectivity index (χ2n) is 3.99. The smallest absolute Gasteiger partial charge is 0.202 e. The second kappa shape index (κ2) is 5.69. The highest BCUT2D eigenvalue weighted by Crippen LogP contribution is 2.28. The van der Waals surface area contributed by atoms with Crippen LogP contribution in [0.15, 0.2) is 36.4 Å². The van der Waals surface area contributed by atoms with E-state index < -0.39 is 23.0 Å². The van der Waals surface area contributed by atoms with E-state index in [4.69, 9.17) is 9.47 Å². The lowest BCUT2D eigenvalue weighted by Gasteiger charge is -2.10. The standard InChI is InChI=1S/C15H12F2O3/c1-19-9-6-7-10(13(8-9)20-2)15(18)14-11(16)4-3-5-12(14)17/h3-8H,1-2H3. The fourth-order valence-electron chi connectivity index (χ4n) is 1.84. The Morgan fingerprint density at radius 1 is 1.00 bits per heavy atom. The van der Waals surface area contributed by atoms with Crippen molar-refractivity contribution in [2.45, 2.75) is 0 Å². The summed E-state index contributed by atoms with van der Waals surface area (Å²) >= 11 is 0. The number of halogens is 2. The van der Waals surface area contributed by atoms with Gasteiger partial charge in [0.05, 0.1) is 25.3 Å². The number of benzene rings is 2. The predicted molar refractivity (Wildman–Crippen MR) is 69.3 cm³/mol. The highest BCUT2D eigenvalue weighted by molar-refractivity contribution is 6.11. The number of carbonyl (C=O) groups excluding carboxylic acids is 1. The monoisotopic (exact) mass is 278 g/mol. The lowest BCUT2D eigenvalue weighted by molar-refractivity contribution is 0.102. The van der Waals surface area contributed by atoms with Crippen molar-refractivity contribution in [1.82, 2.24) is 0 Å². The molecule has 0 spiro atoms. The maximum absolute atomic E-state index is 13.6. The van der Waals surface area contributed by atoms with Gasteiger partial charge in [0.15, 0.2) is 0 Å². The van der Waals surface area contributed by atoms with Crippen molar-refractivity contribution in [3.05, 3.63) is 59.2 Å². The Kier molecular flexibility index (Phi) is 3.98. The first-order chi connectivity index (χ1) is 9.58. The van der Waals surface area contributed by atoms with Gasteiger partial charge in [-0.3, -0.25) is 4.79 Å². The van der Waals surface area contributed by atoms with E-state index in [0.29, 0.717) is 5.75 Å². The summed E-state index contributed by atoms with van der Waals surface area (Å²) in [7, 11) is 2.83. The van der Waals surface area contributed by atoms with Crippen LogP contribution in [0, 0.1) is 11.6 Å². The van der Waals surface area contributed by atoms with Gasteiger partial charge >= 0.3 is 0 Å². The van der Waals surface area contributed by atoms with E-state index in [2.05, 4.69) is 0 Å². The van der Waals surface area contributed by atoms with Crippen LogP contribution >= 0.6 is 0 Å². The quantitative estimate of drug-likeness (QED) is 0.806. The molecule has 0 aromatic heterocycles. The van der Waals surface area contributed by atoms with Crippen LogP contribution in [-0.4, -0.2) is 20.0 Å². The summed E-state index contributed by atoms with van der Waals surface area (Å²) in [4.78, 5) is 12.3. The summed E-state index contributed by atoms with van der Waals surface area (Å²) in [5, 5.41) is 0. The summed E-state index contributed by atoms with van der Waals surface area (Å²) in [6.07, 6.45) is 0. The molecule has 2 rings (SSSR count). The Balaban J connectivity index is 2.54. The largest absolute Gasteiger partial charge is 0.497 e. The summed E-state index contributed by atoms with van der Waals surface area (Å²) < 4.78 is 37.4. The van der Waals surface area contributed by atoms with Crippen molar-refractivity contribution in [1.29, 1.82) is 0 Å². The zero-order chi connectivity index (χ0) is 14.7. The summed E-state index contributed by atoms with van der Waals surface area (Å²) in [5.74, 6) is -1.93. The molecule has 2 aromatic rings. The Bertz CT molecular complexity index is 633. The normalized spacial score (nSPS) is 10.2. The van der Waals surface area contributed by atoms with E-state index in [0.717, 1.165) is 12.1 Å². The van der Waals surface area contributed by atoms with Crippen LogP contribution in [-0.2, 0) is 0 Å². The van der Waals surface area contributed by atoms with Crippen LogP contribution in [0.3, 0.4) is 0 Å². The number of ether oxygens (including phenoxy) is 2. The Morgan fingerprint density at radius 3 is 2.20 bits per heavy atom. The number of rotatable bonds is 4. The third-order valence-corrected chi connectivity index (χ3v) is 2.84. The first kappa shape index (κ1) is 14.0. The molecule has 0 atom stereocenters. The van der Waals surface area contributed by atoms with Crippen LogP contribution in [0.1, 0.15) is 15.9 Å². The lowest BCUT2D eigenvalue weighted by atomic mass is 10.0. The first-order valence-corrected chi connectivity index (χ1v) is 5.79. The molecule has 0 fully saturated rings. The van der Waals surface area contributed by atoms with Gasteiger partial charge in [0, 0.05) is 6.07 Å². The Labute approximate surface area is 114 Å². The zero-order valence-electron chi connectivity index (χ0n) is 10.9. The van der Waals surface area contributed by atoms with Gasteiger partial charge in [0.2, 0.25) is 5.78 Å². The molecule has 0 N–H and O–H groups in total. The first-order valence-electron chi connectivity index (χ1n) is 5.79. The topological polar surface area (TPSA) is 35.5 Å². The maximum atomic E-state index is 13.6. The van der Waals surface area contributed by atoms with Gasteiger partial charge in [-0.2, -0.15) is 0 Å². The molecule has 5 heteroatoms. The van der Waals surface area contributed by atoms with E-state index >= 15 is 0 Å². The zero-order valence-corrected chi connectivity index (χ0v) is 10.9.